The number of likely N-dealkylation sites (N-methyl/N-ethyl adjacent to an activating group) is 1. The van der Waals surface area contributed by atoms with Gasteiger partial charge < -0.3 is 14.4 Å². The average molecular weight is 558 g/mol. The lowest BCUT2D eigenvalue weighted by Crippen LogP contribution is -2.56. The van der Waals surface area contributed by atoms with Crippen LogP contribution in [0.3, 0.4) is 0 Å². The van der Waals surface area contributed by atoms with E-state index in [-0.39, 0.29) is 22.7 Å². The predicted molar refractivity (Wildman–Crippen MR) is 154 cm³/mol. The van der Waals surface area contributed by atoms with E-state index in [1.54, 1.807) is 33.9 Å². The Labute approximate surface area is 239 Å². The van der Waals surface area contributed by atoms with Crippen LogP contribution >= 0.6 is 11.6 Å². The van der Waals surface area contributed by atoms with E-state index in [9.17, 15) is 9.59 Å². The second kappa shape index (κ2) is 10.6. The third-order valence-corrected chi connectivity index (χ3v) is 8.82. The Morgan fingerprint density at radius 3 is 2.33 bits per heavy atom. The van der Waals surface area contributed by atoms with Gasteiger partial charge in [-0.25, -0.2) is 14.7 Å². The molecule has 0 N–H and O–H groups in total. The summed E-state index contributed by atoms with van der Waals surface area (Å²) in [6.45, 7) is 6.91. The monoisotopic (exact) mass is 557 g/mol. The van der Waals surface area contributed by atoms with E-state index in [1.807, 2.05) is 13.0 Å². The number of carbonyl (C=O) groups excluding carboxylic acids is 2. The summed E-state index contributed by atoms with van der Waals surface area (Å²) in [5.41, 5.74) is 3.03. The highest BCUT2D eigenvalue weighted by molar-refractivity contribution is 6.36. The fourth-order valence-corrected chi connectivity index (χ4v) is 6.59. The van der Waals surface area contributed by atoms with Crippen LogP contribution < -0.4 is 9.80 Å². The number of aromatic nitrogens is 2. The van der Waals surface area contributed by atoms with Gasteiger partial charge in [-0.15, -0.1) is 0 Å². The van der Waals surface area contributed by atoms with Crippen LogP contribution in [-0.2, 0) is 11.3 Å². The number of rotatable bonds is 6. The molecule has 3 aliphatic rings. The summed E-state index contributed by atoms with van der Waals surface area (Å²) < 4.78 is 1.68. The Hall–Kier alpha value is -3.87. The molecule has 0 bridgehead atoms. The van der Waals surface area contributed by atoms with Gasteiger partial charge in [-0.3, -0.25) is 9.69 Å². The van der Waals surface area contributed by atoms with E-state index in [2.05, 4.69) is 39.0 Å². The lowest BCUT2D eigenvalue weighted by Gasteiger charge is -2.41. The largest absolute Gasteiger partial charge is 0.372 e. The van der Waals surface area contributed by atoms with Crippen molar-refractivity contribution in [2.45, 2.75) is 44.7 Å². The van der Waals surface area contributed by atoms with Crippen molar-refractivity contribution < 1.29 is 9.59 Å². The first kappa shape index (κ1) is 26.4. The van der Waals surface area contributed by atoms with Gasteiger partial charge in [0.2, 0.25) is 0 Å². The summed E-state index contributed by atoms with van der Waals surface area (Å²) in [6.07, 6.45) is 6.81. The van der Waals surface area contributed by atoms with Crippen LogP contribution in [-0.4, -0.2) is 69.6 Å². The second-order valence-electron chi connectivity index (χ2n) is 10.7. The fourth-order valence-electron chi connectivity index (χ4n) is 6.33. The number of nitrogens with zero attached hydrogens (tertiary/aromatic N) is 7. The lowest BCUT2D eigenvalue weighted by atomic mass is 9.85. The molecule has 0 aliphatic carbocycles. The quantitative estimate of drug-likeness (QED) is 0.404. The number of hydrogen-bond donors (Lipinski definition) is 0. The van der Waals surface area contributed by atoms with Gasteiger partial charge in [-0.05, 0) is 68.5 Å². The highest BCUT2D eigenvalue weighted by Gasteiger charge is 2.58. The van der Waals surface area contributed by atoms with Gasteiger partial charge >= 0.3 is 6.03 Å². The van der Waals surface area contributed by atoms with Crippen molar-refractivity contribution >= 4 is 34.9 Å². The van der Waals surface area contributed by atoms with Crippen LogP contribution in [0.1, 0.15) is 43.9 Å². The van der Waals surface area contributed by atoms with Crippen LogP contribution in [0.15, 0.2) is 55.0 Å². The average Bonchev–Trinajstić information content (AvgIpc) is 3.72. The van der Waals surface area contributed by atoms with E-state index < -0.39 is 5.54 Å². The third kappa shape index (κ3) is 4.51. The molecule has 3 amide bonds. The Kier molecular flexibility index (Phi) is 6.99. The van der Waals surface area contributed by atoms with E-state index in [0.717, 1.165) is 32.7 Å². The van der Waals surface area contributed by atoms with E-state index in [1.165, 1.54) is 35.3 Å². The number of urea groups is 1. The van der Waals surface area contributed by atoms with Crippen molar-refractivity contribution in [3.05, 3.63) is 71.3 Å². The van der Waals surface area contributed by atoms with E-state index in [0.29, 0.717) is 30.8 Å². The van der Waals surface area contributed by atoms with E-state index in [4.69, 9.17) is 16.9 Å². The van der Waals surface area contributed by atoms with Crippen molar-refractivity contribution in [1.29, 1.82) is 5.26 Å². The molecule has 9 nitrogen and oxygen atoms in total. The van der Waals surface area contributed by atoms with Crippen molar-refractivity contribution in [2.24, 2.45) is 0 Å². The molecule has 0 unspecified atom stereocenters. The molecule has 2 aromatic carbocycles. The number of imidazole rings is 1. The van der Waals surface area contributed by atoms with E-state index >= 15 is 0 Å². The summed E-state index contributed by atoms with van der Waals surface area (Å²) >= 11 is 6.64. The molecule has 1 aromatic heterocycles. The topological polar surface area (TPSA) is 88.7 Å². The molecular formula is C30H32ClN7O2. The van der Waals surface area contributed by atoms with Crippen LogP contribution in [0.25, 0.3) is 5.69 Å². The maximum Gasteiger partial charge on any atom is 0.332 e. The molecule has 1 spiro atoms. The third-order valence-electron chi connectivity index (χ3n) is 8.52. The van der Waals surface area contributed by atoms with Crippen LogP contribution in [0, 0.1) is 11.3 Å². The summed E-state index contributed by atoms with van der Waals surface area (Å²) in [4.78, 5) is 39.3. The van der Waals surface area contributed by atoms with Crippen LogP contribution in [0.5, 0.6) is 0 Å². The zero-order chi connectivity index (χ0) is 27.9. The first-order valence-electron chi connectivity index (χ1n) is 13.9. The van der Waals surface area contributed by atoms with Crippen LogP contribution in [0.4, 0.5) is 16.2 Å². The maximum atomic E-state index is 14.0. The summed E-state index contributed by atoms with van der Waals surface area (Å²) in [5, 5.41) is 9.35. The second-order valence-corrected chi connectivity index (χ2v) is 11.2. The Morgan fingerprint density at radius 2 is 1.70 bits per heavy atom. The van der Waals surface area contributed by atoms with Gasteiger partial charge in [0.25, 0.3) is 5.91 Å². The SMILES string of the molecule is CCN1C(=O)N(c2ccc(-n3cnc(C#N)c3)cc2Cl)C(=O)C12CCN(Cc1ccc(N3CCCC3)cc1)CC2. The number of likely N-dealkylation sites (tertiary alicyclic amines) is 1. The number of anilines is 2. The van der Waals surface area contributed by atoms with Gasteiger partial charge in [0.1, 0.15) is 17.9 Å². The highest BCUT2D eigenvalue weighted by Crippen LogP contribution is 2.42. The summed E-state index contributed by atoms with van der Waals surface area (Å²) in [5.74, 6) is -0.210. The predicted octanol–water partition coefficient (Wildman–Crippen LogP) is 4.82. The molecule has 0 atom stereocenters. The van der Waals surface area contributed by atoms with Gasteiger partial charge in [-0.2, -0.15) is 5.26 Å². The molecule has 3 fully saturated rings. The van der Waals surface area contributed by atoms with Crippen molar-refractivity contribution in [1.82, 2.24) is 19.4 Å². The number of carbonyl (C=O) groups is 2. The summed E-state index contributed by atoms with van der Waals surface area (Å²) in [6, 6.07) is 15.6. The molecular weight excluding hydrogens is 526 g/mol. The standard InChI is InChI=1S/C30H32ClN7O2/c1-2-37-29(40)38(27-10-9-25(17-26(27)31)36-20-23(18-32)33-21-36)28(39)30(37)11-15-34(16-12-30)19-22-5-7-24(8-6-22)35-13-3-4-14-35/h5-10,17,20-21H,2-4,11-16,19H2,1H3. The lowest BCUT2D eigenvalue weighted by molar-refractivity contribution is -0.127. The zero-order valence-electron chi connectivity index (χ0n) is 22.6. The van der Waals surface area contributed by atoms with Crippen molar-refractivity contribution in [3.63, 3.8) is 0 Å². The fraction of sp³-hybridized carbons (Fsp3) is 0.400. The number of nitriles is 1. The number of piperidine rings is 1. The minimum absolute atomic E-state index is 0.210. The number of hydrogen-bond acceptors (Lipinski definition) is 6. The minimum atomic E-state index is -0.865. The first-order chi connectivity index (χ1) is 19.4. The van der Waals surface area contributed by atoms with Gasteiger partial charge in [0.05, 0.1) is 10.7 Å². The Morgan fingerprint density at radius 1 is 1.00 bits per heavy atom. The Balaban J connectivity index is 1.16. The molecule has 3 aromatic rings. The molecule has 40 heavy (non-hydrogen) atoms. The molecule has 4 heterocycles. The number of benzene rings is 2. The van der Waals surface area contributed by atoms with Crippen LogP contribution in [0.2, 0.25) is 5.02 Å². The van der Waals surface area contributed by atoms with Crippen molar-refractivity contribution in [2.75, 3.05) is 42.5 Å². The number of amides is 3. The molecule has 0 radical (unpaired) electrons. The molecule has 0 saturated carbocycles. The van der Waals surface area contributed by atoms with Gasteiger partial charge in [0, 0.05) is 56.8 Å². The molecule has 3 saturated heterocycles. The summed E-state index contributed by atoms with van der Waals surface area (Å²) in [7, 11) is 0. The van der Waals surface area contributed by atoms with Gasteiger partial charge in [0.15, 0.2) is 5.69 Å². The molecule has 206 valence electrons. The zero-order valence-corrected chi connectivity index (χ0v) is 23.3. The van der Waals surface area contributed by atoms with Gasteiger partial charge in [-0.1, -0.05) is 23.7 Å². The molecule has 6 rings (SSSR count). The molecule has 3 aliphatic heterocycles. The number of halogens is 1. The Bertz CT molecular complexity index is 1460. The maximum absolute atomic E-state index is 14.0. The smallest absolute Gasteiger partial charge is 0.332 e. The minimum Gasteiger partial charge on any atom is -0.372 e. The normalized spacial score (nSPS) is 19.2. The first-order valence-corrected chi connectivity index (χ1v) is 14.3. The number of imide groups is 1. The highest BCUT2D eigenvalue weighted by atomic mass is 35.5. The van der Waals surface area contributed by atoms with Crippen molar-refractivity contribution in [3.8, 4) is 11.8 Å². The molecule has 10 heteroatoms.